The quantitative estimate of drug-likeness (QED) is 0.690. The van der Waals surface area contributed by atoms with Gasteiger partial charge >= 0.3 is 0 Å². The predicted octanol–water partition coefficient (Wildman–Crippen LogP) is 4.31. The number of fused-ring (bicyclic) bond motifs is 2. The molecular formula is C15H15NS. The Balaban J connectivity index is 2.22. The zero-order valence-electron chi connectivity index (χ0n) is 10.2. The number of nitrogens with zero attached hydrogens (tertiary/aromatic N) is 1. The van der Waals surface area contributed by atoms with Gasteiger partial charge in [0, 0.05) is 16.0 Å². The molecule has 1 aliphatic carbocycles. The molecule has 1 aromatic heterocycles. The van der Waals surface area contributed by atoms with E-state index in [9.17, 15) is 0 Å². The fourth-order valence-corrected chi connectivity index (χ4v) is 2.74. The summed E-state index contributed by atoms with van der Waals surface area (Å²) in [6.45, 7) is 2.20. The van der Waals surface area contributed by atoms with E-state index >= 15 is 0 Å². The molecule has 1 heterocycles. The van der Waals surface area contributed by atoms with Crippen LogP contribution in [0.5, 0.6) is 0 Å². The smallest absolute Gasteiger partial charge is 0.0716 e. The van der Waals surface area contributed by atoms with Gasteiger partial charge < -0.3 is 0 Å². The standard InChI is InChI=1S/C15H15NS/c1-10-3-6-14-12(7-10)8-11-4-5-13(17-2)9-15(11)16-14/h4-5,7-9H,3,6H2,1-2H3. The molecule has 0 unspecified atom stereocenters. The molecule has 1 nitrogen and oxygen atoms in total. The number of hydrogen-bond donors (Lipinski definition) is 0. The molecule has 1 aliphatic rings. The van der Waals surface area contributed by atoms with Crippen molar-refractivity contribution in [3.05, 3.63) is 41.1 Å². The number of hydrogen-bond acceptors (Lipinski definition) is 2. The topological polar surface area (TPSA) is 12.9 Å². The lowest BCUT2D eigenvalue weighted by molar-refractivity contribution is 0.892. The van der Waals surface area contributed by atoms with E-state index in [2.05, 4.69) is 43.5 Å². The lowest BCUT2D eigenvalue weighted by atomic mass is 9.96. The van der Waals surface area contributed by atoms with Gasteiger partial charge in [0.2, 0.25) is 0 Å². The van der Waals surface area contributed by atoms with E-state index in [0.717, 1.165) is 18.4 Å². The summed E-state index contributed by atoms with van der Waals surface area (Å²) in [5, 5.41) is 1.24. The molecule has 1 aromatic carbocycles. The monoisotopic (exact) mass is 241 g/mol. The van der Waals surface area contributed by atoms with Crippen LogP contribution in [0, 0.1) is 0 Å². The van der Waals surface area contributed by atoms with Crippen molar-refractivity contribution < 1.29 is 0 Å². The van der Waals surface area contributed by atoms with E-state index in [1.165, 1.54) is 27.1 Å². The third kappa shape index (κ3) is 1.98. The lowest BCUT2D eigenvalue weighted by Gasteiger charge is -2.14. The first kappa shape index (κ1) is 10.8. The maximum atomic E-state index is 4.80. The molecular weight excluding hydrogens is 226 g/mol. The Labute approximate surface area is 106 Å². The third-order valence-electron chi connectivity index (χ3n) is 3.30. The highest BCUT2D eigenvalue weighted by molar-refractivity contribution is 7.98. The van der Waals surface area contributed by atoms with Crippen molar-refractivity contribution in [1.82, 2.24) is 4.98 Å². The molecule has 0 saturated heterocycles. The van der Waals surface area contributed by atoms with Gasteiger partial charge in [0.25, 0.3) is 0 Å². The molecule has 0 amide bonds. The van der Waals surface area contributed by atoms with Gasteiger partial charge in [-0.3, -0.25) is 4.98 Å². The van der Waals surface area contributed by atoms with Crippen molar-refractivity contribution in [2.45, 2.75) is 24.7 Å². The van der Waals surface area contributed by atoms with Crippen LogP contribution in [0.1, 0.15) is 24.6 Å². The average Bonchev–Trinajstić information content (AvgIpc) is 2.35. The van der Waals surface area contributed by atoms with Crippen molar-refractivity contribution in [1.29, 1.82) is 0 Å². The van der Waals surface area contributed by atoms with E-state index in [1.54, 1.807) is 11.8 Å². The van der Waals surface area contributed by atoms with Crippen LogP contribution in [0.3, 0.4) is 0 Å². The second kappa shape index (κ2) is 4.19. The second-order valence-electron chi connectivity index (χ2n) is 4.57. The SMILES string of the molecule is CSc1ccc2cc3c(nc2c1)CCC(C)=C3. The molecule has 0 aliphatic heterocycles. The minimum absolute atomic E-state index is 1.08. The molecule has 0 spiro atoms. The number of benzene rings is 1. The van der Waals surface area contributed by atoms with Gasteiger partial charge in [-0.05, 0) is 49.8 Å². The number of aryl methyl sites for hydroxylation is 1. The Kier molecular flexibility index (Phi) is 2.67. The van der Waals surface area contributed by atoms with Gasteiger partial charge in [-0.1, -0.05) is 17.7 Å². The van der Waals surface area contributed by atoms with Crippen LogP contribution in [-0.2, 0) is 6.42 Å². The van der Waals surface area contributed by atoms with Crippen LogP contribution in [0.25, 0.3) is 17.0 Å². The molecule has 3 rings (SSSR count). The number of rotatable bonds is 1. The molecule has 17 heavy (non-hydrogen) atoms. The maximum Gasteiger partial charge on any atom is 0.0716 e. The molecule has 0 saturated carbocycles. The summed E-state index contributed by atoms with van der Waals surface area (Å²) in [5.41, 5.74) is 5.14. The molecule has 0 bridgehead atoms. The average molecular weight is 241 g/mol. The summed E-state index contributed by atoms with van der Waals surface area (Å²) in [4.78, 5) is 6.09. The van der Waals surface area contributed by atoms with Crippen LogP contribution in [0.15, 0.2) is 34.7 Å². The van der Waals surface area contributed by atoms with Crippen molar-refractivity contribution in [3.8, 4) is 0 Å². The summed E-state index contributed by atoms with van der Waals surface area (Å²) < 4.78 is 0. The third-order valence-corrected chi connectivity index (χ3v) is 4.02. The van der Waals surface area contributed by atoms with Crippen LogP contribution < -0.4 is 0 Å². The van der Waals surface area contributed by atoms with E-state index in [1.807, 2.05) is 0 Å². The first-order chi connectivity index (χ1) is 8.26. The van der Waals surface area contributed by atoms with Crippen LogP contribution >= 0.6 is 11.8 Å². The molecule has 0 radical (unpaired) electrons. The minimum atomic E-state index is 1.08. The van der Waals surface area contributed by atoms with Gasteiger partial charge in [-0.15, -0.1) is 11.8 Å². The number of aromatic nitrogens is 1. The van der Waals surface area contributed by atoms with E-state index in [4.69, 9.17) is 4.98 Å². The fraction of sp³-hybridized carbons (Fsp3) is 0.267. The molecule has 2 heteroatoms. The second-order valence-corrected chi connectivity index (χ2v) is 5.45. The summed E-state index contributed by atoms with van der Waals surface area (Å²) in [6.07, 6.45) is 6.60. The fourth-order valence-electron chi connectivity index (χ4n) is 2.31. The highest BCUT2D eigenvalue weighted by atomic mass is 32.2. The largest absolute Gasteiger partial charge is 0.252 e. The Morgan fingerprint density at radius 2 is 2.06 bits per heavy atom. The van der Waals surface area contributed by atoms with Gasteiger partial charge in [0.1, 0.15) is 0 Å². The van der Waals surface area contributed by atoms with E-state index in [0.29, 0.717) is 0 Å². The van der Waals surface area contributed by atoms with Gasteiger partial charge in [-0.25, -0.2) is 0 Å². The summed E-state index contributed by atoms with van der Waals surface area (Å²) in [7, 11) is 0. The van der Waals surface area contributed by atoms with Crippen molar-refractivity contribution >= 4 is 28.7 Å². The lowest BCUT2D eigenvalue weighted by Crippen LogP contribution is -2.01. The Hall–Kier alpha value is -1.28. The first-order valence-corrected chi connectivity index (χ1v) is 7.13. The number of pyridine rings is 1. The normalized spacial score (nSPS) is 14.6. The predicted molar refractivity (Wildman–Crippen MR) is 75.5 cm³/mol. The van der Waals surface area contributed by atoms with Crippen molar-refractivity contribution in [3.63, 3.8) is 0 Å². The Morgan fingerprint density at radius 1 is 1.18 bits per heavy atom. The van der Waals surface area contributed by atoms with Gasteiger partial charge in [0.15, 0.2) is 0 Å². The van der Waals surface area contributed by atoms with Crippen LogP contribution in [0.4, 0.5) is 0 Å². The molecule has 2 aromatic rings. The summed E-state index contributed by atoms with van der Waals surface area (Å²) >= 11 is 1.77. The summed E-state index contributed by atoms with van der Waals surface area (Å²) in [6, 6.07) is 8.79. The Morgan fingerprint density at radius 3 is 2.88 bits per heavy atom. The van der Waals surface area contributed by atoms with Crippen LogP contribution in [0.2, 0.25) is 0 Å². The minimum Gasteiger partial charge on any atom is -0.252 e. The molecule has 0 N–H and O–H groups in total. The van der Waals surface area contributed by atoms with Crippen molar-refractivity contribution in [2.24, 2.45) is 0 Å². The zero-order chi connectivity index (χ0) is 11.8. The highest BCUT2D eigenvalue weighted by Gasteiger charge is 2.10. The van der Waals surface area contributed by atoms with Crippen molar-refractivity contribution in [2.75, 3.05) is 6.26 Å². The maximum absolute atomic E-state index is 4.80. The first-order valence-electron chi connectivity index (χ1n) is 5.91. The number of thioether (sulfide) groups is 1. The Bertz CT molecular complexity index is 614. The number of allylic oxidation sites excluding steroid dienone is 1. The van der Waals surface area contributed by atoms with Gasteiger partial charge in [0.05, 0.1) is 5.52 Å². The summed E-state index contributed by atoms with van der Waals surface area (Å²) in [5.74, 6) is 0. The van der Waals surface area contributed by atoms with E-state index < -0.39 is 0 Å². The molecule has 0 fully saturated rings. The zero-order valence-corrected chi connectivity index (χ0v) is 11.0. The molecule has 86 valence electrons. The van der Waals surface area contributed by atoms with Crippen LogP contribution in [-0.4, -0.2) is 11.2 Å². The molecule has 0 atom stereocenters. The van der Waals surface area contributed by atoms with Gasteiger partial charge in [-0.2, -0.15) is 0 Å². The highest BCUT2D eigenvalue weighted by Crippen LogP contribution is 2.27. The van der Waals surface area contributed by atoms with E-state index in [-0.39, 0.29) is 0 Å².